The van der Waals surface area contributed by atoms with Gasteiger partial charge in [-0.1, -0.05) is 19.9 Å². The number of hydrogen-bond acceptors (Lipinski definition) is 6. The molecule has 2 N–H and O–H groups in total. The van der Waals surface area contributed by atoms with Crippen LogP contribution in [0.25, 0.3) is 4.96 Å². The SMILES string of the molecule is CC(C)COC(=O)Nc1cccc(NCc2cc(=O)n3ccsc3n2)c1. The maximum Gasteiger partial charge on any atom is 0.411 e. The van der Waals surface area contributed by atoms with Gasteiger partial charge in [0.2, 0.25) is 0 Å². The highest BCUT2D eigenvalue weighted by molar-refractivity contribution is 7.15. The van der Waals surface area contributed by atoms with Crippen molar-refractivity contribution in [2.24, 2.45) is 5.92 Å². The first kappa shape index (κ1) is 17.9. The number of ether oxygens (including phenoxy) is 1. The average molecular weight is 372 g/mol. The first-order valence-corrected chi connectivity index (χ1v) is 9.13. The van der Waals surface area contributed by atoms with E-state index in [0.29, 0.717) is 29.5 Å². The van der Waals surface area contributed by atoms with Crippen molar-refractivity contribution < 1.29 is 9.53 Å². The third-order valence-electron chi connectivity index (χ3n) is 3.49. The number of hydrogen-bond donors (Lipinski definition) is 2. The summed E-state index contributed by atoms with van der Waals surface area (Å²) in [7, 11) is 0. The number of amides is 1. The van der Waals surface area contributed by atoms with Crippen LogP contribution in [0, 0.1) is 5.92 Å². The fourth-order valence-corrected chi connectivity index (χ4v) is 3.01. The van der Waals surface area contributed by atoms with Crippen molar-refractivity contribution >= 4 is 33.8 Å². The van der Waals surface area contributed by atoms with Crippen LogP contribution in [0.15, 0.2) is 46.7 Å². The summed E-state index contributed by atoms with van der Waals surface area (Å²) < 4.78 is 6.62. The molecule has 0 aliphatic carbocycles. The van der Waals surface area contributed by atoms with Crippen molar-refractivity contribution in [2.45, 2.75) is 20.4 Å². The van der Waals surface area contributed by atoms with E-state index in [1.807, 2.05) is 31.4 Å². The van der Waals surface area contributed by atoms with E-state index in [-0.39, 0.29) is 11.5 Å². The van der Waals surface area contributed by atoms with Crippen LogP contribution in [0.2, 0.25) is 0 Å². The quantitative estimate of drug-likeness (QED) is 0.691. The number of anilines is 2. The fourth-order valence-electron chi connectivity index (χ4n) is 2.27. The summed E-state index contributed by atoms with van der Waals surface area (Å²) in [6.07, 6.45) is 1.23. The summed E-state index contributed by atoms with van der Waals surface area (Å²) in [5.74, 6) is 0.283. The van der Waals surface area contributed by atoms with Crippen LogP contribution in [0.3, 0.4) is 0 Å². The molecule has 0 aliphatic heterocycles. The van der Waals surface area contributed by atoms with Gasteiger partial charge in [0.25, 0.3) is 5.56 Å². The predicted molar refractivity (Wildman–Crippen MR) is 103 cm³/mol. The minimum absolute atomic E-state index is 0.101. The van der Waals surface area contributed by atoms with Crippen molar-refractivity contribution in [1.82, 2.24) is 9.38 Å². The number of aromatic nitrogens is 2. The number of nitrogens with zero attached hydrogens (tertiary/aromatic N) is 2. The van der Waals surface area contributed by atoms with Crippen LogP contribution < -0.4 is 16.2 Å². The van der Waals surface area contributed by atoms with Gasteiger partial charge in [-0.3, -0.25) is 14.5 Å². The molecule has 3 aromatic rings. The van der Waals surface area contributed by atoms with Gasteiger partial charge in [-0.15, -0.1) is 11.3 Å². The van der Waals surface area contributed by atoms with Crippen molar-refractivity contribution in [3.05, 3.63) is 58.0 Å². The number of nitrogens with one attached hydrogen (secondary N) is 2. The molecule has 7 nitrogen and oxygen atoms in total. The fraction of sp³-hybridized carbons (Fsp3) is 0.278. The minimum atomic E-state index is -0.478. The molecule has 0 saturated carbocycles. The molecule has 0 radical (unpaired) electrons. The zero-order chi connectivity index (χ0) is 18.5. The summed E-state index contributed by atoms with van der Waals surface area (Å²) >= 11 is 1.42. The first-order valence-electron chi connectivity index (χ1n) is 8.25. The number of fused-ring (bicyclic) bond motifs is 1. The summed E-state index contributed by atoms with van der Waals surface area (Å²) in [5.41, 5.74) is 1.99. The third kappa shape index (κ3) is 4.60. The van der Waals surface area contributed by atoms with Gasteiger partial charge < -0.3 is 10.1 Å². The third-order valence-corrected chi connectivity index (χ3v) is 4.24. The van der Waals surface area contributed by atoms with E-state index in [1.54, 1.807) is 18.3 Å². The molecule has 0 saturated heterocycles. The molecule has 0 unspecified atom stereocenters. The van der Waals surface area contributed by atoms with E-state index in [1.165, 1.54) is 21.8 Å². The largest absolute Gasteiger partial charge is 0.449 e. The Labute approximate surface area is 154 Å². The van der Waals surface area contributed by atoms with Gasteiger partial charge in [0.15, 0.2) is 4.96 Å². The molecule has 0 aliphatic rings. The Kier molecular flexibility index (Phi) is 5.52. The summed E-state index contributed by atoms with van der Waals surface area (Å²) in [5, 5.41) is 7.74. The van der Waals surface area contributed by atoms with E-state index in [4.69, 9.17) is 4.74 Å². The Morgan fingerprint density at radius 1 is 1.31 bits per heavy atom. The van der Waals surface area contributed by atoms with Gasteiger partial charge in [0.1, 0.15) is 0 Å². The van der Waals surface area contributed by atoms with E-state index in [2.05, 4.69) is 15.6 Å². The first-order chi connectivity index (χ1) is 12.5. The minimum Gasteiger partial charge on any atom is -0.449 e. The number of rotatable bonds is 6. The second-order valence-electron chi connectivity index (χ2n) is 6.19. The Balaban J connectivity index is 1.63. The predicted octanol–water partition coefficient (Wildman–Crippen LogP) is 3.57. The van der Waals surface area contributed by atoms with Crippen LogP contribution in [0.5, 0.6) is 0 Å². The summed E-state index contributed by atoms with van der Waals surface area (Å²) in [6, 6.07) is 8.79. The van der Waals surface area contributed by atoms with E-state index in [0.717, 1.165) is 5.69 Å². The molecule has 0 atom stereocenters. The van der Waals surface area contributed by atoms with Gasteiger partial charge in [0, 0.05) is 29.0 Å². The lowest BCUT2D eigenvalue weighted by atomic mass is 10.2. The summed E-state index contributed by atoms with van der Waals surface area (Å²) in [4.78, 5) is 28.9. The highest BCUT2D eigenvalue weighted by atomic mass is 32.1. The maximum atomic E-state index is 12.0. The molecule has 136 valence electrons. The maximum absolute atomic E-state index is 12.0. The van der Waals surface area contributed by atoms with Gasteiger partial charge in [0.05, 0.1) is 18.8 Å². The lowest BCUT2D eigenvalue weighted by molar-refractivity contribution is 0.147. The molecular formula is C18H20N4O3S. The molecule has 3 rings (SSSR count). The normalized spacial score (nSPS) is 10.9. The molecule has 2 heterocycles. The number of benzene rings is 1. The van der Waals surface area contributed by atoms with Crippen LogP contribution in [-0.2, 0) is 11.3 Å². The lowest BCUT2D eigenvalue weighted by Crippen LogP contribution is -2.16. The van der Waals surface area contributed by atoms with E-state index >= 15 is 0 Å². The highest BCUT2D eigenvalue weighted by Crippen LogP contribution is 2.16. The molecule has 0 spiro atoms. The van der Waals surface area contributed by atoms with Crippen molar-refractivity contribution in [3.8, 4) is 0 Å². The lowest BCUT2D eigenvalue weighted by Gasteiger charge is -2.11. The van der Waals surface area contributed by atoms with E-state index < -0.39 is 6.09 Å². The Morgan fingerprint density at radius 3 is 2.92 bits per heavy atom. The average Bonchev–Trinajstić information content (AvgIpc) is 3.08. The van der Waals surface area contributed by atoms with Crippen LogP contribution in [-0.4, -0.2) is 22.1 Å². The van der Waals surface area contributed by atoms with Crippen molar-refractivity contribution in [2.75, 3.05) is 17.2 Å². The Hall–Kier alpha value is -2.87. The molecule has 1 amide bonds. The number of thiazole rings is 1. The van der Waals surface area contributed by atoms with E-state index in [9.17, 15) is 9.59 Å². The zero-order valence-electron chi connectivity index (χ0n) is 14.6. The van der Waals surface area contributed by atoms with Gasteiger partial charge in [-0.2, -0.15) is 0 Å². The Bertz CT molecular complexity index is 964. The topological polar surface area (TPSA) is 84.7 Å². The number of carbonyl (C=O) groups is 1. The monoisotopic (exact) mass is 372 g/mol. The van der Waals surface area contributed by atoms with Crippen molar-refractivity contribution in [1.29, 1.82) is 0 Å². The smallest absolute Gasteiger partial charge is 0.411 e. The molecular weight excluding hydrogens is 352 g/mol. The zero-order valence-corrected chi connectivity index (χ0v) is 15.4. The second-order valence-corrected chi connectivity index (χ2v) is 7.07. The number of carbonyl (C=O) groups excluding carboxylic acids is 1. The highest BCUT2D eigenvalue weighted by Gasteiger charge is 2.06. The van der Waals surface area contributed by atoms with Crippen molar-refractivity contribution in [3.63, 3.8) is 0 Å². The second kappa shape index (κ2) is 8.01. The Morgan fingerprint density at radius 2 is 2.12 bits per heavy atom. The van der Waals surface area contributed by atoms with Gasteiger partial charge >= 0.3 is 6.09 Å². The molecule has 0 bridgehead atoms. The van der Waals surface area contributed by atoms with Crippen LogP contribution in [0.1, 0.15) is 19.5 Å². The molecule has 26 heavy (non-hydrogen) atoms. The molecule has 1 aromatic carbocycles. The summed E-state index contributed by atoms with van der Waals surface area (Å²) in [6.45, 7) is 4.73. The van der Waals surface area contributed by atoms with Gasteiger partial charge in [-0.05, 0) is 24.1 Å². The van der Waals surface area contributed by atoms with Gasteiger partial charge in [-0.25, -0.2) is 9.78 Å². The van der Waals surface area contributed by atoms with Crippen LogP contribution >= 0.6 is 11.3 Å². The molecule has 8 heteroatoms. The van der Waals surface area contributed by atoms with Crippen LogP contribution in [0.4, 0.5) is 16.2 Å². The molecule has 0 fully saturated rings. The molecule has 2 aromatic heterocycles. The standard InChI is InChI=1S/C18H20N4O3S/c1-12(2)11-25-18(24)21-14-5-3-4-13(8-14)19-10-15-9-16(23)22-6-7-26-17(22)20-15/h3-9,12,19H,10-11H2,1-2H3,(H,21,24).